The fraction of sp³-hybridized carbons (Fsp3) is 0.571. The van der Waals surface area contributed by atoms with Gasteiger partial charge in [0.25, 0.3) is 0 Å². The van der Waals surface area contributed by atoms with Crippen molar-refractivity contribution in [3.63, 3.8) is 0 Å². The quantitative estimate of drug-likeness (QED) is 0.755. The summed E-state index contributed by atoms with van der Waals surface area (Å²) in [7, 11) is 3.82. The number of hydrogen-bond acceptors (Lipinski definition) is 4. The molecule has 0 fully saturated rings. The zero-order valence-corrected chi connectivity index (χ0v) is 12.1. The predicted molar refractivity (Wildman–Crippen MR) is 74.2 cm³/mol. The molecule has 1 heterocycles. The summed E-state index contributed by atoms with van der Waals surface area (Å²) in [6, 6.07) is 3.63. The molecule has 0 aliphatic heterocycles. The number of nitrogens with zero attached hydrogens (tertiary/aromatic N) is 1. The molecule has 0 aliphatic carbocycles. The number of carbonyl (C=O) groups is 2. The number of amides is 1. The summed E-state index contributed by atoms with van der Waals surface area (Å²) in [6.07, 6.45) is 1.82. The molecule has 1 aromatic heterocycles. The summed E-state index contributed by atoms with van der Waals surface area (Å²) in [5.41, 5.74) is 0. The first-order valence-electron chi connectivity index (χ1n) is 6.58. The van der Waals surface area contributed by atoms with Crippen molar-refractivity contribution in [2.45, 2.75) is 25.8 Å². The van der Waals surface area contributed by atoms with Crippen LogP contribution in [0.3, 0.4) is 0 Å². The van der Waals surface area contributed by atoms with E-state index in [9.17, 15) is 9.59 Å². The first-order chi connectivity index (χ1) is 9.40. The smallest absolute Gasteiger partial charge is 0.303 e. The van der Waals surface area contributed by atoms with Crippen molar-refractivity contribution in [3.8, 4) is 0 Å². The van der Waals surface area contributed by atoms with Gasteiger partial charge in [-0.25, -0.2) is 0 Å². The molecule has 2 unspecified atom stereocenters. The second kappa shape index (κ2) is 7.69. The van der Waals surface area contributed by atoms with Gasteiger partial charge in [0.2, 0.25) is 5.91 Å². The molecule has 0 spiro atoms. The second-order valence-corrected chi connectivity index (χ2v) is 5.21. The van der Waals surface area contributed by atoms with Crippen LogP contribution in [-0.2, 0) is 9.59 Å². The lowest BCUT2D eigenvalue weighted by Crippen LogP contribution is -2.35. The van der Waals surface area contributed by atoms with Crippen molar-refractivity contribution >= 4 is 11.9 Å². The lowest BCUT2D eigenvalue weighted by Gasteiger charge is -2.22. The van der Waals surface area contributed by atoms with Crippen LogP contribution >= 0.6 is 0 Å². The van der Waals surface area contributed by atoms with E-state index >= 15 is 0 Å². The standard InChI is InChI=1S/C14H22N2O4/c1-10(8-14(18)19)7-13(17)15-9-11(16(2)3)12-5-4-6-20-12/h4-6,10-11H,7-9H2,1-3H3,(H,15,17)(H,18,19). The van der Waals surface area contributed by atoms with Gasteiger partial charge in [-0.3, -0.25) is 14.5 Å². The van der Waals surface area contributed by atoms with Crippen molar-refractivity contribution < 1.29 is 19.1 Å². The summed E-state index contributed by atoms with van der Waals surface area (Å²) in [5.74, 6) is -0.410. The fourth-order valence-corrected chi connectivity index (χ4v) is 1.99. The molecular weight excluding hydrogens is 260 g/mol. The van der Waals surface area contributed by atoms with Gasteiger partial charge in [0.15, 0.2) is 0 Å². The topological polar surface area (TPSA) is 82.8 Å². The molecule has 0 bridgehead atoms. The Hall–Kier alpha value is -1.82. The molecule has 6 nitrogen and oxygen atoms in total. The lowest BCUT2D eigenvalue weighted by molar-refractivity contribution is -0.138. The summed E-state index contributed by atoms with van der Waals surface area (Å²) >= 11 is 0. The van der Waals surface area contributed by atoms with Crippen LogP contribution in [0.25, 0.3) is 0 Å². The highest BCUT2D eigenvalue weighted by Gasteiger charge is 2.19. The Bertz CT molecular complexity index is 428. The van der Waals surface area contributed by atoms with Gasteiger partial charge in [0, 0.05) is 19.4 Å². The van der Waals surface area contributed by atoms with Crippen LogP contribution in [0.1, 0.15) is 31.6 Å². The van der Waals surface area contributed by atoms with E-state index in [1.165, 1.54) is 0 Å². The van der Waals surface area contributed by atoms with Gasteiger partial charge >= 0.3 is 5.97 Å². The maximum absolute atomic E-state index is 11.8. The van der Waals surface area contributed by atoms with Crippen molar-refractivity contribution in [2.24, 2.45) is 5.92 Å². The second-order valence-electron chi connectivity index (χ2n) is 5.21. The van der Waals surface area contributed by atoms with E-state index < -0.39 is 5.97 Å². The molecule has 2 N–H and O–H groups in total. The number of hydrogen-bond donors (Lipinski definition) is 2. The predicted octanol–water partition coefficient (Wildman–Crippen LogP) is 1.50. The van der Waals surface area contributed by atoms with Gasteiger partial charge in [-0.15, -0.1) is 0 Å². The molecule has 1 rings (SSSR count). The third-order valence-electron chi connectivity index (χ3n) is 3.04. The Morgan fingerprint density at radius 1 is 1.40 bits per heavy atom. The SMILES string of the molecule is CC(CC(=O)O)CC(=O)NCC(c1ccco1)N(C)C. The van der Waals surface area contributed by atoms with E-state index in [-0.39, 0.29) is 30.7 Å². The Balaban J connectivity index is 2.44. The van der Waals surface area contributed by atoms with E-state index in [0.717, 1.165) is 5.76 Å². The van der Waals surface area contributed by atoms with Crippen LogP contribution in [0.15, 0.2) is 22.8 Å². The minimum atomic E-state index is -0.882. The summed E-state index contributed by atoms with van der Waals surface area (Å²) in [5, 5.41) is 11.5. The molecule has 1 aromatic rings. The third-order valence-corrected chi connectivity index (χ3v) is 3.04. The number of carboxylic acid groups (broad SMARTS) is 1. The number of carboxylic acids is 1. The average Bonchev–Trinajstić information content (AvgIpc) is 2.80. The lowest BCUT2D eigenvalue weighted by atomic mass is 10.0. The summed E-state index contributed by atoms with van der Waals surface area (Å²) in [4.78, 5) is 24.3. The number of rotatable bonds is 8. The average molecular weight is 282 g/mol. The number of carbonyl (C=O) groups excluding carboxylic acids is 1. The van der Waals surface area contributed by atoms with Crippen molar-refractivity contribution in [1.29, 1.82) is 0 Å². The molecule has 6 heteroatoms. The normalized spacial score (nSPS) is 14.0. The Morgan fingerprint density at radius 3 is 2.60 bits per heavy atom. The highest BCUT2D eigenvalue weighted by atomic mass is 16.4. The van der Waals surface area contributed by atoms with Gasteiger partial charge in [0.05, 0.1) is 12.3 Å². The van der Waals surface area contributed by atoms with Crippen LogP contribution in [0.5, 0.6) is 0 Å². The number of aliphatic carboxylic acids is 1. The van der Waals surface area contributed by atoms with Crippen LogP contribution in [-0.4, -0.2) is 42.5 Å². The molecule has 0 aliphatic rings. The third kappa shape index (κ3) is 5.44. The highest BCUT2D eigenvalue weighted by Crippen LogP contribution is 2.17. The van der Waals surface area contributed by atoms with Crippen LogP contribution in [0.2, 0.25) is 0 Å². The van der Waals surface area contributed by atoms with E-state index in [0.29, 0.717) is 6.54 Å². The van der Waals surface area contributed by atoms with Crippen molar-refractivity contribution in [2.75, 3.05) is 20.6 Å². The molecule has 0 saturated carbocycles. The molecule has 0 radical (unpaired) electrons. The maximum atomic E-state index is 11.8. The monoisotopic (exact) mass is 282 g/mol. The van der Waals surface area contributed by atoms with Gasteiger partial charge in [-0.1, -0.05) is 6.92 Å². The maximum Gasteiger partial charge on any atom is 0.303 e. The van der Waals surface area contributed by atoms with E-state index in [1.807, 2.05) is 31.1 Å². The van der Waals surface area contributed by atoms with Gasteiger partial charge < -0.3 is 14.8 Å². The van der Waals surface area contributed by atoms with Crippen LogP contribution in [0, 0.1) is 5.92 Å². The van der Waals surface area contributed by atoms with Crippen molar-refractivity contribution in [1.82, 2.24) is 10.2 Å². The minimum Gasteiger partial charge on any atom is -0.481 e. The first-order valence-corrected chi connectivity index (χ1v) is 6.58. The molecule has 20 heavy (non-hydrogen) atoms. The number of likely N-dealkylation sites (N-methyl/N-ethyl adjacent to an activating group) is 1. The van der Waals surface area contributed by atoms with E-state index in [1.54, 1.807) is 13.2 Å². The van der Waals surface area contributed by atoms with Gasteiger partial charge in [0.1, 0.15) is 5.76 Å². The van der Waals surface area contributed by atoms with E-state index in [2.05, 4.69) is 5.32 Å². The van der Waals surface area contributed by atoms with Gasteiger partial charge in [-0.05, 0) is 32.1 Å². The highest BCUT2D eigenvalue weighted by molar-refractivity contribution is 5.77. The van der Waals surface area contributed by atoms with Crippen LogP contribution < -0.4 is 5.32 Å². The molecule has 0 saturated heterocycles. The Kier molecular flexibility index (Phi) is 6.24. The zero-order valence-electron chi connectivity index (χ0n) is 12.1. The molecular formula is C14H22N2O4. The largest absolute Gasteiger partial charge is 0.481 e. The van der Waals surface area contributed by atoms with Crippen LogP contribution in [0.4, 0.5) is 0 Å². The zero-order chi connectivity index (χ0) is 15.1. The minimum absolute atomic E-state index is 0.00269. The number of nitrogens with one attached hydrogen (secondary N) is 1. The summed E-state index contributed by atoms with van der Waals surface area (Å²) in [6.45, 7) is 2.18. The van der Waals surface area contributed by atoms with Gasteiger partial charge in [-0.2, -0.15) is 0 Å². The molecule has 1 amide bonds. The molecule has 112 valence electrons. The van der Waals surface area contributed by atoms with E-state index in [4.69, 9.17) is 9.52 Å². The Labute approximate surface area is 118 Å². The Morgan fingerprint density at radius 2 is 2.10 bits per heavy atom. The van der Waals surface area contributed by atoms with Crippen molar-refractivity contribution in [3.05, 3.63) is 24.2 Å². The molecule has 2 atom stereocenters. The first kappa shape index (κ1) is 16.2. The fourth-order valence-electron chi connectivity index (χ4n) is 1.99. The number of furan rings is 1. The molecule has 0 aromatic carbocycles. The summed E-state index contributed by atoms with van der Waals surface area (Å²) < 4.78 is 5.35.